The number of hydrogen-bond acceptors (Lipinski definition) is 3. The first kappa shape index (κ1) is 22.1. The van der Waals surface area contributed by atoms with Crippen LogP contribution >= 0.6 is 0 Å². The first-order chi connectivity index (χ1) is 11.2. The van der Waals surface area contributed by atoms with E-state index < -0.39 is 0 Å². The second-order valence-electron chi connectivity index (χ2n) is 6.55. The summed E-state index contributed by atoms with van der Waals surface area (Å²) >= 11 is 0. The molecular weight excluding hydrogens is 286 g/mol. The van der Waals surface area contributed by atoms with E-state index in [2.05, 4.69) is 6.92 Å². The van der Waals surface area contributed by atoms with Crippen molar-refractivity contribution in [3.05, 3.63) is 0 Å². The van der Waals surface area contributed by atoms with Gasteiger partial charge in [-0.3, -0.25) is 4.79 Å². The van der Waals surface area contributed by atoms with Gasteiger partial charge in [-0.2, -0.15) is 0 Å². The molecule has 3 heteroatoms. The Morgan fingerprint density at radius 3 is 1.70 bits per heavy atom. The van der Waals surface area contributed by atoms with Crippen molar-refractivity contribution in [2.75, 3.05) is 6.61 Å². The van der Waals surface area contributed by atoms with E-state index in [0.717, 1.165) is 31.4 Å². The lowest BCUT2D eigenvalue weighted by molar-refractivity contribution is -0.143. The Bertz CT molecular complexity index is 289. The first-order valence-electron chi connectivity index (χ1n) is 9.92. The molecule has 0 atom stereocenters. The molecule has 0 radical (unpaired) electrons. The van der Waals surface area contributed by atoms with E-state index in [4.69, 9.17) is 10.1 Å². The van der Waals surface area contributed by atoms with Crippen LogP contribution in [0.4, 0.5) is 0 Å². The average Bonchev–Trinajstić information content (AvgIpc) is 2.53. The van der Waals surface area contributed by atoms with E-state index in [1.807, 2.05) is 6.92 Å². The van der Waals surface area contributed by atoms with Crippen LogP contribution in [-0.4, -0.2) is 18.3 Å². The Kier molecular flexibility index (Phi) is 16.8. The van der Waals surface area contributed by atoms with Gasteiger partial charge in [0.05, 0.1) is 6.61 Å². The van der Waals surface area contributed by atoms with E-state index in [-0.39, 0.29) is 5.97 Å². The molecule has 0 aromatic rings. The monoisotopic (exact) mass is 325 g/mol. The number of unbranched alkanes of at least 4 members (excludes halogenated alkanes) is 10. The molecule has 0 aromatic carbocycles. The largest absolute Gasteiger partial charge is 0.466 e. The molecule has 1 N–H and O–H groups in total. The summed E-state index contributed by atoms with van der Waals surface area (Å²) < 4.78 is 4.89. The van der Waals surface area contributed by atoms with Crippen molar-refractivity contribution >= 4 is 11.7 Å². The molecule has 0 rings (SSSR count). The third kappa shape index (κ3) is 17.3. The summed E-state index contributed by atoms with van der Waals surface area (Å²) in [5.74, 6) is -0.130. The lowest BCUT2D eigenvalue weighted by Gasteiger charge is -2.05. The van der Waals surface area contributed by atoms with Crippen LogP contribution < -0.4 is 0 Å². The molecule has 0 unspecified atom stereocenters. The minimum Gasteiger partial charge on any atom is -0.466 e. The van der Waals surface area contributed by atoms with E-state index in [1.54, 1.807) is 0 Å². The third-order valence-corrected chi connectivity index (χ3v) is 4.25. The fraction of sp³-hybridized carbons (Fsp3) is 0.900. The molecule has 136 valence electrons. The van der Waals surface area contributed by atoms with Crippen molar-refractivity contribution in [2.24, 2.45) is 0 Å². The lowest BCUT2D eigenvalue weighted by atomic mass is 10.0. The van der Waals surface area contributed by atoms with Gasteiger partial charge >= 0.3 is 5.97 Å². The molecule has 0 aromatic heterocycles. The van der Waals surface area contributed by atoms with Crippen LogP contribution in [0, 0.1) is 5.41 Å². The SMILES string of the molecule is CCCCCCCCCCCCCC(=N)CCCC(=O)OCC. The number of nitrogens with one attached hydrogen (secondary N) is 1. The normalized spacial score (nSPS) is 10.7. The van der Waals surface area contributed by atoms with Crippen molar-refractivity contribution < 1.29 is 9.53 Å². The van der Waals surface area contributed by atoms with Gasteiger partial charge in [-0.1, -0.05) is 71.1 Å². The Hall–Kier alpha value is -0.860. The third-order valence-electron chi connectivity index (χ3n) is 4.25. The predicted molar refractivity (Wildman–Crippen MR) is 99.3 cm³/mol. The van der Waals surface area contributed by atoms with Gasteiger partial charge in [0, 0.05) is 12.1 Å². The van der Waals surface area contributed by atoms with Crippen molar-refractivity contribution in [3.63, 3.8) is 0 Å². The van der Waals surface area contributed by atoms with Crippen molar-refractivity contribution in [1.82, 2.24) is 0 Å². The Morgan fingerprint density at radius 2 is 1.17 bits per heavy atom. The van der Waals surface area contributed by atoms with Crippen LogP contribution in [0.5, 0.6) is 0 Å². The molecule has 0 aliphatic rings. The summed E-state index contributed by atoms with van der Waals surface area (Å²) in [7, 11) is 0. The number of carbonyl (C=O) groups is 1. The minimum atomic E-state index is -0.130. The highest BCUT2D eigenvalue weighted by Crippen LogP contribution is 2.12. The Labute approximate surface area is 144 Å². The molecule has 0 saturated carbocycles. The highest BCUT2D eigenvalue weighted by molar-refractivity contribution is 5.81. The van der Waals surface area contributed by atoms with Crippen molar-refractivity contribution in [3.8, 4) is 0 Å². The topological polar surface area (TPSA) is 50.2 Å². The smallest absolute Gasteiger partial charge is 0.305 e. The zero-order valence-corrected chi connectivity index (χ0v) is 15.6. The predicted octanol–water partition coefficient (Wildman–Crippen LogP) is 6.44. The van der Waals surface area contributed by atoms with Gasteiger partial charge < -0.3 is 10.1 Å². The molecule has 0 amide bonds. The maximum atomic E-state index is 11.2. The Morgan fingerprint density at radius 1 is 0.696 bits per heavy atom. The summed E-state index contributed by atoms with van der Waals surface area (Å²) in [4.78, 5) is 11.2. The number of hydrogen-bond donors (Lipinski definition) is 1. The fourth-order valence-electron chi connectivity index (χ4n) is 2.81. The lowest BCUT2D eigenvalue weighted by Crippen LogP contribution is -2.05. The number of rotatable bonds is 17. The number of esters is 1. The van der Waals surface area contributed by atoms with Crippen LogP contribution in [-0.2, 0) is 9.53 Å². The minimum absolute atomic E-state index is 0.130. The highest BCUT2D eigenvalue weighted by Gasteiger charge is 2.03. The Balaban J connectivity index is 3.22. The van der Waals surface area contributed by atoms with E-state index in [1.165, 1.54) is 64.2 Å². The molecule has 3 nitrogen and oxygen atoms in total. The highest BCUT2D eigenvalue weighted by atomic mass is 16.5. The molecule has 0 saturated heterocycles. The molecule has 0 bridgehead atoms. The standard InChI is InChI=1S/C20H39NO2/c1-3-5-6-7-8-9-10-11-12-13-14-16-19(21)17-15-18-20(22)23-4-2/h21H,3-18H2,1-2H3. The van der Waals surface area contributed by atoms with Gasteiger partial charge in [0.15, 0.2) is 0 Å². The summed E-state index contributed by atoms with van der Waals surface area (Å²) in [6.45, 7) is 4.54. The van der Waals surface area contributed by atoms with Gasteiger partial charge in [0.25, 0.3) is 0 Å². The van der Waals surface area contributed by atoms with E-state index in [9.17, 15) is 4.79 Å². The summed E-state index contributed by atoms with van der Waals surface area (Å²) in [5.41, 5.74) is 0.797. The summed E-state index contributed by atoms with van der Waals surface area (Å²) in [6, 6.07) is 0. The fourth-order valence-corrected chi connectivity index (χ4v) is 2.81. The molecule has 0 aliphatic carbocycles. The van der Waals surface area contributed by atoms with Crippen LogP contribution in [0.25, 0.3) is 0 Å². The maximum absolute atomic E-state index is 11.2. The van der Waals surface area contributed by atoms with Crippen LogP contribution in [0.1, 0.15) is 110 Å². The summed E-state index contributed by atoms with van der Waals surface area (Å²) in [6.07, 6.45) is 17.6. The second-order valence-corrected chi connectivity index (χ2v) is 6.55. The van der Waals surface area contributed by atoms with Crippen molar-refractivity contribution in [1.29, 1.82) is 5.41 Å². The molecule has 0 heterocycles. The molecular formula is C20H39NO2. The molecule has 0 aliphatic heterocycles. The first-order valence-corrected chi connectivity index (χ1v) is 9.92. The van der Waals surface area contributed by atoms with Crippen LogP contribution in [0.3, 0.4) is 0 Å². The molecule has 0 fully saturated rings. The maximum Gasteiger partial charge on any atom is 0.305 e. The van der Waals surface area contributed by atoms with Crippen LogP contribution in [0.2, 0.25) is 0 Å². The molecule has 0 spiro atoms. The number of ether oxygens (including phenoxy) is 1. The van der Waals surface area contributed by atoms with E-state index >= 15 is 0 Å². The zero-order valence-electron chi connectivity index (χ0n) is 15.6. The number of carbonyl (C=O) groups excluding carboxylic acids is 1. The quantitative estimate of drug-likeness (QED) is 0.190. The zero-order chi connectivity index (χ0) is 17.2. The van der Waals surface area contributed by atoms with Gasteiger partial charge in [-0.25, -0.2) is 0 Å². The van der Waals surface area contributed by atoms with Gasteiger partial charge in [-0.15, -0.1) is 0 Å². The van der Waals surface area contributed by atoms with Gasteiger partial charge in [-0.05, 0) is 32.6 Å². The average molecular weight is 326 g/mol. The van der Waals surface area contributed by atoms with Crippen molar-refractivity contribution in [2.45, 2.75) is 110 Å². The second kappa shape index (κ2) is 17.5. The summed E-state index contributed by atoms with van der Waals surface area (Å²) in [5, 5.41) is 7.91. The molecule has 23 heavy (non-hydrogen) atoms. The van der Waals surface area contributed by atoms with Gasteiger partial charge in [0.2, 0.25) is 0 Å². The van der Waals surface area contributed by atoms with E-state index in [0.29, 0.717) is 13.0 Å². The van der Waals surface area contributed by atoms with Crippen LogP contribution in [0.15, 0.2) is 0 Å². The van der Waals surface area contributed by atoms with Gasteiger partial charge in [0.1, 0.15) is 0 Å².